The van der Waals surface area contributed by atoms with Crippen LogP contribution in [0.25, 0.3) is 0 Å². The van der Waals surface area contributed by atoms with Crippen molar-refractivity contribution >= 4 is 15.9 Å². The van der Waals surface area contributed by atoms with Crippen LogP contribution in [0.5, 0.6) is 0 Å². The van der Waals surface area contributed by atoms with Crippen LogP contribution in [-0.2, 0) is 9.47 Å². The molecular weight excluding hydrogens is 268 g/mol. The SMILES string of the molecule is CCCOC(OCCC)c1ccc(Br)cc1. The Bertz CT molecular complexity index is 276. The monoisotopic (exact) mass is 286 g/mol. The van der Waals surface area contributed by atoms with Gasteiger partial charge in [0, 0.05) is 23.2 Å². The Hall–Kier alpha value is -0.380. The second-order valence-corrected chi connectivity index (χ2v) is 4.54. The molecule has 0 aliphatic heterocycles. The molecule has 0 aliphatic rings. The first-order valence-corrected chi connectivity index (χ1v) is 6.55. The van der Waals surface area contributed by atoms with Gasteiger partial charge in [0.25, 0.3) is 0 Å². The molecule has 90 valence electrons. The molecule has 16 heavy (non-hydrogen) atoms. The molecule has 0 heterocycles. The van der Waals surface area contributed by atoms with Crippen LogP contribution in [0.2, 0.25) is 0 Å². The van der Waals surface area contributed by atoms with E-state index in [1.165, 1.54) is 0 Å². The number of benzene rings is 1. The van der Waals surface area contributed by atoms with E-state index < -0.39 is 0 Å². The molecule has 0 aromatic heterocycles. The molecule has 0 atom stereocenters. The van der Waals surface area contributed by atoms with Gasteiger partial charge >= 0.3 is 0 Å². The Kier molecular flexibility index (Phi) is 6.69. The lowest BCUT2D eigenvalue weighted by atomic mass is 10.2. The molecule has 0 N–H and O–H groups in total. The fraction of sp³-hybridized carbons (Fsp3) is 0.538. The number of hydrogen-bond acceptors (Lipinski definition) is 2. The Morgan fingerprint density at radius 1 is 1.00 bits per heavy atom. The molecule has 3 heteroatoms. The second kappa shape index (κ2) is 7.82. The number of halogens is 1. The van der Waals surface area contributed by atoms with Crippen molar-refractivity contribution in [3.63, 3.8) is 0 Å². The normalized spacial score (nSPS) is 11.0. The van der Waals surface area contributed by atoms with Crippen molar-refractivity contribution in [3.8, 4) is 0 Å². The Morgan fingerprint density at radius 3 is 1.94 bits per heavy atom. The minimum atomic E-state index is -0.229. The lowest BCUT2D eigenvalue weighted by Crippen LogP contribution is -2.10. The summed E-state index contributed by atoms with van der Waals surface area (Å²) in [6.45, 7) is 5.64. The van der Waals surface area contributed by atoms with Crippen molar-refractivity contribution in [2.45, 2.75) is 33.0 Å². The van der Waals surface area contributed by atoms with Gasteiger partial charge in [-0.3, -0.25) is 0 Å². The van der Waals surface area contributed by atoms with E-state index in [4.69, 9.17) is 9.47 Å². The molecule has 0 aliphatic carbocycles. The molecule has 1 aromatic carbocycles. The average molecular weight is 287 g/mol. The Labute approximate surface area is 106 Å². The molecule has 1 rings (SSSR count). The summed E-state index contributed by atoms with van der Waals surface area (Å²) < 4.78 is 12.4. The van der Waals surface area contributed by atoms with E-state index in [2.05, 4.69) is 29.8 Å². The minimum absolute atomic E-state index is 0.229. The summed E-state index contributed by atoms with van der Waals surface area (Å²) in [7, 11) is 0. The fourth-order valence-corrected chi connectivity index (χ4v) is 1.57. The van der Waals surface area contributed by atoms with Crippen LogP contribution < -0.4 is 0 Å². The highest BCUT2D eigenvalue weighted by Crippen LogP contribution is 2.21. The van der Waals surface area contributed by atoms with Gasteiger partial charge in [-0.15, -0.1) is 0 Å². The average Bonchev–Trinajstić information content (AvgIpc) is 2.31. The Balaban J connectivity index is 2.62. The van der Waals surface area contributed by atoms with E-state index in [-0.39, 0.29) is 6.29 Å². The van der Waals surface area contributed by atoms with E-state index in [0.717, 1.165) is 36.1 Å². The topological polar surface area (TPSA) is 18.5 Å². The predicted molar refractivity (Wildman–Crippen MR) is 69.4 cm³/mol. The summed E-state index contributed by atoms with van der Waals surface area (Å²) >= 11 is 3.42. The summed E-state index contributed by atoms with van der Waals surface area (Å²) in [6.07, 6.45) is 1.78. The van der Waals surface area contributed by atoms with Gasteiger partial charge in [-0.25, -0.2) is 0 Å². The van der Waals surface area contributed by atoms with Gasteiger partial charge in [0.2, 0.25) is 0 Å². The van der Waals surface area contributed by atoms with Crippen molar-refractivity contribution in [1.82, 2.24) is 0 Å². The second-order valence-electron chi connectivity index (χ2n) is 3.63. The summed E-state index contributed by atoms with van der Waals surface area (Å²) in [5.74, 6) is 0. The summed E-state index contributed by atoms with van der Waals surface area (Å²) in [5, 5.41) is 0. The maximum atomic E-state index is 5.68. The molecule has 0 fully saturated rings. The number of ether oxygens (including phenoxy) is 2. The van der Waals surface area contributed by atoms with Crippen LogP contribution in [0.1, 0.15) is 38.5 Å². The van der Waals surface area contributed by atoms with Crippen LogP contribution in [0.15, 0.2) is 28.7 Å². The van der Waals surface area contributed by atoms with Crippen LogP contribution in [0.4, 0.5) is 0 Å². The van der Waals surface area contributed by atoms with Gasteiger partial charge < -0.3 is 9.47 Å². The molecule has 0 saturated carbocycles. The van der Waals surface area contributed by atoms with Gasteiger partial charge in [-0.05, 0) is 25.0 Å². The third-order valence-corrected chi connectivity index (χ3v) is 2.62. The van der Waals surface area contributed by atoms with Crippen molar-refractivity contribution in [1.29, 1.82) is 0 Å². The van der Waals surface area contributed by atoms with Crippen molar-refractivity contribution < 1.29 is 9.47 Å². The molecule has 2 nitrogen and oxygen atoms in total. The van der Waals surface area contributed by atoms with Crippen molar-refractivity contribution in [2.24, 2.45) is 0 Å². The van der Waals surface area contributed by atoms with Crippen molar-refractivity contribution in [2.75, 3.05) is 13.2 Å². The molecule has 0 unspecified atom stereocenters. The smallest absolute Gasteiger partial charge is 0.183 e. The standard InChI is InChI=1S/C13H19BrO2/c1-3-9-15-13(16-10-4-2)11-5-7-12(14)8-6-11/h5-8,13H,3-4,9-10H2,1-2H3. The van der Waals surface area contributed by atoms with Crippen LogP contribution in [-0.4, -0.2) is 13.2 Å². The first-order valence-electron chi connectivity index (χ1n) is 5.76. The fourth-order valence-electron chi connectivity index (χ4n) is 1.31. The Morgan fingerprint density at radius 2 is 1.50 bits per heavy atom. The molecule has 0 radical (unpaired) electrons. The highest BCUT2D eigenvalue weighted by atomic mass is 79.9. The van der Waals surface area contributed by atoms with E-state index in [0.29, 0.717) is 0 Å². The van der Waals surface area contributed by atoms with E-state index >= 15 is 0 Å². The first-order chi connectivity index (χ1) is 7.77. The molecule has 1 aromatic rings. The maximum Gasteiger partial charge on any atom is 0.183 e. The summed E-state index contributed by atoms with van der Waals surface area (Å²) in [5.41, 5.74) is 1.07. The molecule has 0 saturated heterocycles. The largest absolute Gasteiger partial charge is 0.348 e. The van der Waals surface area contributed by atoms with E-state index in [1.54, 1.807) is 0 Å². The molecular formula is C13H19BrO2. The summed E-state index contributed by atoms with van der Waals surface area (Å²) in [6, 6.07) is 8.07. The predicted octanol–water partition coefficient (Wildman–Crippen LogP) is 4.30. The van der Waals surface area contributed by atoms with Gasteiger partial charge in [0.05, 0.1) is 0 Å². The lowest BCUT2D eigenvalue weighted by molar-refractivity contribution is -0.146. The van der Waals surface area contributed by atoms with Crippen LogP contribution in [0.3, 0.4) is 0 Å². The molecule has 0 bridgehead atoms. The highest BCUT2D eigenvalue weighted by Gasteiger charge is 2.11. The zero-order valence-corrected chi connectivity index (χ0v) is 11.5. The van der Waals surface area contributed by atoms with E-state index in [1.807, 2.05) is 24.3 Å². The molecule has 0 amide bonds. The van der Waals surface area contributed by atoms with Crippen molar-refractivity contribution in [3.05, 3.63) is 34.3 Å². The van der Waals surface area contributed by atoms with E-state index in [9.17, 15) is 0 Å². The van der Waals surface area contributed by atoms with Gasteiger partial charge in [-0.1, -0.05) is 41.9 Å². The number of rotatable bonds is 7. The number of hydrogen-bond donors (Lipinski definition) is 0. The third kappa shape index (κ3) is 4.64. The van der Waals surface area contributed by atoms with Gasteiger partial charge in [0.1, 0.15) is 0 Å². The maximum absolute atomic E-state index is 5.68. The zero-order valence-electron chi connectivity index (χ0n) is 9.91. The van der Waals surface area contributed by atoms with Gasteiger partial charge in [-0.2, -0.15) is 0 Å². The lowest BCUT2D eigenvalue weighted by Gasteiger charge is -2.18. The first kappa shape index (κ1) is 13.7. The van der Waals surface area contributed by atoms with Crippen LogP contribution >= 0.6 is 15.9 Å². The third-order valence-electron chi connectivity index (χ3n) is 2.09. The minimum Gasteiger partial charge on any atom is -0.348 e. The van der Waals surface area contributed by atoms with Gasteiger partial charge in [0.15, 0.2) is 6.29 Å². The van der Waals surface area contributed by atoms with Crippen LogP contribution in [0, 0.1) is 0 Å². The molecule has 0 spiro atoms. The quantitative estimate of drug-likeness (QED) is 0.696. The zero-order chi connectivity index (χ0) is 11.8. The highest BCUT2D eigenvalue weighted by molar-refractivity contribution is 9.10. The summed E-state index contributed by atoms with van der Waals surface area (Å²) in [4.78, 5) is 0.